The first-order valence-electron chi connectivity index (χ1n) is 7.41. The van der Waals surface area contributed by atoms with Gasteiger partial charge in [-0.3, -0.25) is 14.5 Å². The Balaban J connectivity index is 1.87. The summed E-state index contributed by atoms with van der Waals surface area (Å²) in [6.07, 6.45) is 0. The Morgan fingerprint density at radius 3 is 2.54 bits per heavy atom. The maximum Gasteiger partial charge on any atom is 0.320 e. The highest BCUT2D eigenvalue weighted by molar-refractivity contribution is 6.30. The molecule has 1 aromatic heterocycles. The van der Waals surface area contributed by atoms with E-state index in [0.29, 0.717) is 16.5 Å². The molecule has 0 aliphatic carbocycles. The quantitative estimate of drug-likeness (QED) is 0.802. The van der Waals surface area contributed by atoms with E-state index in [1.807, 2.05) is 18.2 Å². The maximum atomic E-state index is 11.9. The molecule has 1 atom stereocenters. The number of carboxylic acids is 1. The minimum Gasteiger partial charge on any atom is -0.480 e. The molecule has 0 saturated carbocycles. The second-order valence-corrected chi connectivity index (χ2v) is 5.92. The maximum absolute atomic E-state index is 11.9. The van der Waals surface area contributed by atoms with Gasteiger partial charge in [0.2, 0.25) is 5.91 Å². The summed E-state index contributed by atoms with van der Waals surface area (Å²) in [5, 5.41) is 12.3. The summed E-state index contributed by atoms with van der Waals surface area (Å²) in [5.41, 5.74) is 0.895. The van der Waals surface area contributed by atoms with Crippen LogP contribution in [0, 0.1) is 0 Å². The number of likely N-dealkylation sites (N-methyl/N-ethyl adjacent to an activating group) is 1. The number of halogens is 1. The molecular weight excluding hydrogens is 332 g/mol. The van der Waals surface area contributed by atoms with Crippen LogP contribution in [0.5, 0.6) is 0 Å². The molecule has 1 heterocycles. The van der Waals surface area contributed by atoms with E-state index in [-0.39, 0.29) is 19.0 Å². The van der Waals surface area contributed by atoms with Crippen LogP contribution in [0.25, 0.3) is 11.3 Å². The first-order chi connectivity index (χ1) is 11.4. The average molecular weight is 351 g/mol. The summed E-state index contributed by atoms with van der Waals surface area (Å²) in [6, 6.07) is 10.1. The van der Waals surface area contributed by atoms with Crippen molar-refractivity contribution in [1.29, 1.82) is 0 Å². The van der Waals surface area contributed by atoms with Gasteiger partial charge >= 0.3 is 5.97 Å². The topological polar surface area (TPSA) is 82.8 Å². The Bertz CT molecular complexity index is 712. The van der Waals surface area contributed by atoms with Crippen molar-refractivity contribution in [1.82, 2.24) is 10.2 Å². The number of aliphatic carboxylic acids is 1. The minimum absolute atomic E-state index is 0.00177. The van der Waals surface area contributed by atoms with Gasteiger partial charge in [-0.1, -0.05) is 11.6 Å². The van der Waals surface area contributed by atoms with Crippen molar-refractivity contribution in [2.75, 3.05) is 13.6 Å². The molecule has 0 bridgehead atoms. The largest absolute Gasteiger partial charge is 0.480 e. The number of furan rings is 1. The van der Waals surface area contributed by atoms with E-state index in [0.717, 1.165) is 5.56 Å². The monoisotopic (exact) mass is 350 g/mol. The van der Waals surface area contributed by atoms with Crippen LogP contribution in [-0.4, -0.2) is 41.5 Å². The van der Waals surface area contributed by atoms with Gasteiger partial charge in [0.15, 0.2) is 0 Å². The van der Waals surface area contributed by atoms with Gasteiger partial charge in [-0.15, -0.1) is 0 Å². The number of hydrogen-bond donors (Lipinski definition) is 2. The summed E-state index contributed by atoms with van der Waals surface area (Å²) in [4.78, 5) is 24.2. The molecule has 1 amide bonds. The summed E-state index contributed by atoms with van der Waals surface area (Å²) in [7, 11) is 1.59. The number of carboxylic acid groups (broad SMARTS) is 1. The Kier molecular flexibility index (Phi) is 6.00. The normalized spacial score (nSPS) is 12.2. The molecule has 1 unspecified atom stereocenters. The SMILES string of the molecule is CC(C(=O)O)N(C)CC(=O)NCc1ccc(-c2ccc(Cl)cc2)o1. The fraction of sp³-hybridized carbons (Fsp3) is 0.294. The third-order valence-corrected chi connectivity index (χ3v) is 3.91. The number of nitrogens with one attached hydrogen (secondary N) is 1. The smallest absolute Gasteiger partial charge is 0.320 e. The Morgan fingerprint density at radius 2 is 1.92 bits per heavy atom. The lowest BCUT2D eigenvalue weighted by atomic mass is 10.2. The van der Waals surface area contributed by atoms with Crippen molar-refractivity contribution in [3.05, 3.63) is 47.2 Å². The predicted molar refractivity (Wildman–Crippen MR) is 90.7 cm³/mol. The zero-order chi connectivity index (χ0) is 17.7. The molecule has 128 valence electrons. The molecular formula is C17H19ClN2O4. The van der Waals surface area contributed by atoms with Gasteiger partial charge in [0.25, 0.3) is 0 Å². The number of carbonyl (C=O) groups is 2. The molecule has 2 N–H and O–H groups in total. The van der Waals surface area contributed by atoms with Crippen LogP contribution in [0.3, 0.4) is 0 Å². The molecule has 0 aliphatic rings. The Morgan fingerprint density at radius 1 is 1.25 bits per heavy atom. The molecule has 0 saturated heterocycles. The van der Waals surface area contributed by atoms with Crippen LogP contribution in [0.1, 0.15) is 12.7 Å². The summed E-state index contributed by atoms with van der Waals surface area (Å²) >= 11 is 5.85. The zero-order valence-corrected chi connectivity index (χ0v) is 14.2. The molecule has 24 heavy (non-hydrogen) atoms. The molecule has 0 aliphatic heterocycles. The number of nitrogens with zero attached hydrogens (tertiary/aromatic N) is 1. The molecule has 0 fully saturated rings. The lowest BCUT2D eigenvalue weighted by Gasteiger charge is -2.20. The molecule has 2 aromatic rings. The molecule has 6 nitrogen and oxygen atoms in total. The molecule has 2 rings (SSSR count). The molecule has 0 radical (unpaired) electrons. The molecule has 1 aromatic carbocycles. The Hall–Kier alpha value is -2.31. The van der Waals surface area contributed by atoms with Crippen molar-refractivity contribution < 1.29 is 19.1 Å². The highest BCUT2D eigenvalue weighted by atomic mass is 35.5. The van der Waals surface area contributed by atoms with E-state index < -0.39 is 12.0 Å². The van der Waals surface area contributed by atoms with E-state index in [4.69, 9.17) is 21.1 Å². The third-order valence-electron chi connectivity index (χ3n) is 3.66. The number of hydrogen-bond acceptors (Lipinski definition) is 4. The van der Waals surface area contributed by atoms with Crippen molar-refractivity contribution in [3.8, 4) is 11.3 Å². The van der Waals surface area contributed by atoms with Crippen LogP contribution in [0.4, 0.5) is 0 Å². The van der Waals surface area contributed by atoms with Gasteiger partial charge < -0.3 is 14.8 Å². The number of amides is 1. The third kappa shape index (κ3) is 4.84. The highest BCUT2D eigenvalue weighted by Crippen LogP contribution is 2.23. The van der Waals surface area contributed by atoms with Crippen LogP contribution >= 0.6 is 11.6 Å². The van der Waals surface area contributed by atoms with E-state index in [1.54, 1.807) is 25.2 Å². The van der Waals surface area contributed by atoms with Gasteiger partial charge in [0.1, 0.15) is 17.6 Å². The Labute approximate surface area is 145 Å². The van der Waals surface area contributed by atoms with E-state index in [1.165, 1.54) is 11.8 Å². The van der Waals surface area contributed by atoms with Gasteiger partial charge in [0, 0.05) is 10.6 Å². The minimum atomic E-state index is -0.969. The van der Waals surface area contributed by atoms with Crippen LogP contribution < -0.4 is 5.32 Å². The highest BCUT2D eigenvalue weighted by Gasteiger charge is 2.19. The van der Waals surface area contributed by atoms with Gasteiger partial charge in [0.05, 0.1) is 13.1 Å². The first-order valence-corrected chi connectivity index (χ1v) is 7.79. The van der Waals surface area contributed by atoms with Gasteiger partial charge in [-0.2, -0.15) is 0 Å². The summed E-state index contributed by atoms with van der Waals surface area (Å²) in [6.45, 7) is 1.76. The number of benzene rings is 1. The van der Waals surface area contributed by atoms with Crippen LogP contribution in [-0.2, 0) is 16.1 Å². The van der Waals surface area contributed by atoms with Gasteiger partial charge in [-0.05, 0) is 50.4 Å². The van der Waals surface area contributed by atoms with Crippen LogP contribution in [0.15, 0.2) is 40.8 Å². The van der Waals surface area contributed by atoms with Crippen molar-refractivity contribution in [2.45, 2.75) is 19.5 Å². The number of rotatable bonds is 7. The summed E-state index contributed by atoms with van der Waals surface area (Å²) in [5.74, 6) is 0.0637. The average Bonchev–Trinajstić information content (AvgIpc) is 3.01. The van der Waals surface area contributed by atoms with Crippen LogP contribution in [0.2, 0.25) is 5.02 Å². The lowest BCUT2D eigenvalue weighted by Crippen LogP contribution is -2.42. The van der Waals surface area contributed by atoms with E-state index >= 15 is 0 Å². The zero-order valence-electron chi connectivity index (χ0n) is 13.5. The fourth-order valence-corrected chi connectivity index (χ4v) is 2.16. The van der Waals surface area contributed by atoms with Crippen molar-refractivity contribution >= 4 is 23.5 Å². The second-order valence-electron chi connectivity index (χ2n) is 5.48. The van der Waals surface area contributed by atoms with Crippen molar-refractivity contribution in [3.63, 3.8) is 0 Å². The van der Waals surface area contributed by atoms with E-state index in [2.05, 4.69) is 5.32 Å². The van der Waals surface area contributed by atoms with Crippen molar-refractivity contribution in [2.24, 2.45) is 0 Å². The predicted octanol–water partition coefficient (Wildman–Crippen LogP) is 2.62. The summed E-state index contributed by atoms with van der Waals surface area (Å²) < 4.78 is 5.69. The standard InChI is InChI=1S/C17H19ClN2O4/c1-11(17(22)23)20(2)10-16(21)19-9-14-7-8-15(24-14)12-3-5-13(18)6-4-12/h3-8,11H,9-10H2,1-2H3,(H,19,21)(H,22,23). The molecule has 0 spiro atoms. The first kappa shape index (κ1) is 18.0. The molecule has 7 heteroatoms. The number of carbonyl (C=O) groups excluding carboxylic acids is 1. The van der Waals surface area contributed by atoms with Gasteiger partial charge in [-0.25, -0.2) is 0 Å². The fourth-order valence-electron chi connectivity index (χ4n) is 2.04. The lowest BCUT2D eigenvalue weighted by molar-refractivity contribution is -0.142. The van der Waals surface area contributed by atoms with E-state index in [9.17, 15) is 9.59 Å². The second kappa shape index (κ2) is 7.99.